The number of hydrogen-bond acceptors (Lipinski definition) is 8. The van der Waals surface area contributed by atoms with E-state index in [-0.39, 0.29) is 46.4 Å². The highest BCUT2D eigenvalue weighted by molar-refractivity contribution is 6.33. The van der Waals surface area contributed by atoms with E-state index in [1.165, 1.54) is 24.3 Å². The van der Waals surface area contributed by atoms with Crippen molar-refractivity contribution in [3.05, 3.63) is 102 Å². The van der Waals surface area contributed by atoms with Crippen molar-refractivity contribution in [1.29, 1.82) is 0 Å². The van der Waals surface area contributed by atoms with Gasteiger partial charge in [0.15, 0.2) is 0 Å². The Morgan fingerprint density at radius 3 is 1.89 bits per heavy atom. The molecule has 5 rings (SSSR count). The standard InChI is InChI=1S/C26H23Cl2N3O7/c27-21-7-1-16(11-25(21)30(32)33)23-9-10-24(17-2-8-22(28)26(12-17)31(34)35)29(23)18-3-5-19(6-4-18)37-14-20-13-36-15-38-20/h1-8,11-12,20,23-24H,9-10,13-15H2. The Balaban J connectivity index is 1.49. The van der Waals surface area contributed by atoms with Gasteiger partial charge in [0.25, 0.3) is 11.4 Å². The first-order chi connectivity index (χ1) is 18.3. The molecule has 3 atom stereocenters. The first kappa shape index (κ1) is 26.2. The molecule has 2 aliphatic rings. The van der Waals surface area contributed by atoms with Gasteiger partial charge in [-0.05, 0) is 60.4 Å². The average molecular weight is 560 g/mol. The lowest BCUT2D eigenvalue weighted by atomic mass is 10.0. The van der Waals surface area contributed by atoms with Gasteiger partial charge in [0, 0.05) is 17.8 Å². The summed E-state index contributed by atoms with van der Waals surface area (Å²) >= 11 is 12.1. The van der Waals surface area contributed by atoms with Crippen LogP contribution in [0.5, 0.6) is 5.75 Å². The maximum Gasteiger partial charge on any atom is 0.288 e. The number of rotatable bonds is 8. The quantitative estimate of drug-likeness (QED) is 0.222. The van der Waals surface area contributed by atoms with Crippen LogP contribution in [0.4, 0.5) is 17.1 Å². The van der Waals surface area contributed by atoms with Gasteiger partial charge < -0.3 is 19.1 Å². The van der Waals surface area contributed by atoms with Crippen molar-refractivity contribution in [3.63, 3.8) is 0 Å². The molecule has 3 unspecified atom stereocenters. The van der Waals surface area contributed by atoms with E-state index < -0.39 is 9.85 Å². The SMILES string of the molecule is O=[N+]([O-])c1cc(C2CCC(c3ccc(Cl)c([N+](=O)[O-])c3)N2c2ccc(OCC3COCO3)cc2)ccc1Cl. The molecule has 0 saturated carbocycles. The Kier molecular flexibility index (Phi) is 7.66. The summed E-state index contributed by atoms with van der Waals surface area (Å²) in [5.74, 6) is 0.654. The van der Waals surface area contributed by atoms with E-state index >= 15 is 0 Å². The molecule has 2 aliphatic heterocycles. The summed E-state index contributed by atoms with van der Waals surface area (Å²) in [5, 5.41) is 23.2. The topological polar surface area (TPSA) is 117 Å². The van der Waals surface area contributed by atoms with Gasteiger partial charge in [0.2, 0.25) is 0 Å². The molecular weight excluding hydrogens is 537 g/mol. The summed E-state index contributed by atoms with van der Waals surface area (Å²) in [7, 11) is 0. The minimum absolute atomic E-state index is 0.0614. The zero-order valence-electron chi connectivity index (χ0n) is 20.0. The lowest BCUT2D eigenvalue weighted by Crippen LogP contribution is -2.26. The number of benzene rings is 3. The molecule has 2 fully saturated rings. The molecule has 12 heteroatoms. The molecule has 0 aromatic heterocycles. The third-order valence-electron chi connectivity index (χ3n) is 6.75. The second-order valence-electron chi connectivity index (χ2n) is 9.03. The third-order valence-corrected chi connectivity index (χ3v) is 7.39. The van der Waals surface area contributed by atoms with Crippen molar-refractivity contribution in [2.75, 3.05) is 24.9 Å². The smallest absolute Gasteiger partial charge is 0.288 e. The summed E-state index contributed by atoms with van der Waals surface area (Å²) < 4.78 is 16.4. The van der Waals surface area contributed by atoms with E-state index in [9.17, 15) is 20.2 Å². The lowest BCUT2D eigenvalue weighted by molar-refractivity contribution is -0.384. The van der Waals surface area contributed by atoms with Crippen LogP contribution in [-0.2, 0) is 9.47 Å². The van der Waals surface area contributed by atoms with Gasteiger partial charge in [-0.15, -0.1) is 0 Å². The highest BCUT2D eigenvalue weighted by Crippen LogP contribution is 2.48. The molecule has 0 N–H and O–H groups in total. The van der Waals surface area contributed by atoms with E-state index in [0.29, 0.717) is 31.8 Å². The van der Waals surface area contributed by atoms with Gasteiger partial charge in [0.05, 0.1) is 28.5 Å². The van der Waals surface area contributed by atoms with Crippen molar-refractivity contribution in [3.8, 4) is 5.75 Å². The molecule has 38 heavy (non-hydrogen) atoms. The van der Waals surface area contributed by atoms with Crippen LogP contribution in [0.2, 0.25) is 10.0 Å². The van der Waals surface area contributed by atoms with E-state index in [0.717, 1.165) is 16.8 Å². The summed E-state index contributed by atoms with van der Waals surface area (Å²) in [6.45, 7) is 1.10. The molecule has 198 valence electrons. The van der Waals surface area contributed by atoms with Crippen LogP contribution < -0.4 is 9.64 Å². The van der Waals surface area contributed by atoms with Crippen LogP contribution in [0.25, 0.3) is 0 Å². The second-order valence-corrected chi connectivity index (χ2v) is 9.85. The zero-order chi connectivity index (χ0) is 26.8. The van der Waals surface area contributed by atoms with Crippen LogP contribution in [0.3, 0.4) is 0 Å². The Morgan fingerprint density at radius 2 is 1.42 bits per heavy atom. The van der Waals surface area contributed by atoms with Crippen molar-refractivity contribution >= 4 is 40.3 Å². The maximum atomic E-state index is 11.6. The predicted octanol–water partition coefficient (Wildman–Crippen LogP) is 6.64. The largest absolute Gasteiger partial charge is 0.491 e. The van der Waals surface area contributed by atoms with Crippen LogP contribution >= 0.6 is 23.2 Å². The Morgan fingerprint density at radius 1 is 0.868 bits per heavy atom. The normalized spacial score (nSPS) is 21.0. The van der Waals surface area contributed by atoms with E-state index in [4.69, 9.17) is 37.4 Å². The van der Waals surface area contributed by atoms with Gasteiger partial charge in [0.1, 0.15) is 35.3 Å². The summed E-state index contributed by atoms with van der Waals surface area (Å²) in [5.41, 5.74) is 1.95. The minimum Gasteiger partial charge on any atom is -0.491 e. The number of halogens is 2. The van der Waals surface area contributed by atoms with Crippen LogP contribution in [0.15, 0.2) is 60.7 Å². The highest BCUT2D eigenvalue weighted by Gasteiger charge is 2.37. The molecule has 3 aromatic rings. The Bertz CT molecular complexity index is 1280. The fraction of sp³-hybridized carbons (Fsp3) is 0.308. The number of nitro benzene ring substituents is 2. The fourth-order valence-corrected chi connectivity index (χ4v) is 5.32. The molecule has 10 nitrogen and oxygen atoms in total. The van der Waals surface area contributed by atoms with Crippen molar-refractivity contribution in [2.45, 2.75) is 31.0 Å². The Labute approximate surface area is 227 Å². The first-order valence-electron chi connectivity index (χ1n) is 11.9. The first-order valence-corrected chi connectivity index (χ1v) is 12.7. The Hall–Kier alpha value is -3.44. The lowest BCUT2D eigenvalue weighted by Gasteiger charge is -2.33. The number of nitro groups is 2. The van der Waals surface area contributed by atoms with Gasteiger partial charge in [-0.3, -0.25) is 20.2 Å². The molecule has 0 spiro atoms. The summed E-state index contributed by atoms with van der Waals surface area (Å²) in [6, 6.07) is 16.6. The predicted molar refractivity (Wildman–Crippen MR) is 141 cm³/mol. The maximum absolute atomic E-state index is 11.6. The molecule has 0 amide bonds. The highest BCUT2D eigenvalue weighted by atomic mass is 35.5. The number of anilines is 1. The van der Waals surface area contributed by atoms with Gasteiger partial charge in [-0.1, -0.05) is 35.3 Å². The number of hydrogen-bond donors (Lipinski definition) is 0. The van der Waals surface area contributed by atoms with Crippen LogP contribution in [0.1, 0.15) is 36.1 Å². The molecular formula is C26H23Cl2N3O7. The van der Waals surface area contributed by atoms with Crippen molar-refractivity contribution in [2.24, 2.45) is 0 Å². The fourth-order valence-electron chi connectivity index (χ4n) is 4.95. The van der Waals surface area contributed by atoms with Crippen molar-refractivity contribution < 1.29 is 24.1 Å². The van der Waals surface area contributed by atoms with Crippen LogP contribution in [-0.4, -0.2) is 36.0 Å². The van der Waals surface area contributed by atoms with E-state index in [1.807, 2.05) is 24.3 Å². The molecule has 3 aromatic carbocycles. The number of nitrogens with zero attached hydrogens (tertiary/aromatic N) is 3. The molecule has 0 aliphatic carbocycles. The van der Waals surface area contributed by atoms with Gasteiger partial charge in [-0.25, -0.2) is 0 Å². The van der Waals surface area contributed by atoms with Crippen LogP contribution in [0, 0.1) is 20.2 Å². The molecule has 2 saturated heterocycles. The van der Waals surface area contributed by atoms with Crippen molar-refractivity contribution in [1.82, 2.24) is 0 Å². The molecule has 2 heterocycles. The van der Waals surface area contributed by atoms with Gasteiger partial charge >= 0.3 is 0 Å². The van der Waals surface area contributed by atoms with E-state index in [1.54, 1.807) is 12.1 Å². The molecule has 0 radical (unpaired) electrons. The zero-order valence-corrected chi connectivity index (χ0v) is 21.5. The summed E-state index contributed by atoms with van der Waals surface area (Å²) in [6.07, 6.45) is 1.21. The molecule has 0 bridgehead atoms. The summed E-state index contributed by atoms with van der Waals surface area (Å²) in [4.78, 5) is 24.2. The monoisotopic (exact) mass is 559 g/mol. The average Bonchev–Trinajstić information content (AvgIpc) is 3.58. The minimum atomic E-state index is -0.504. The van der Waals surface area contributed by atoms with Gasteiger partial charge in [-0.2, -0.15) is 0 Å². The number of ether oxygens (including phenoxy) is 3. The second kappa shape index (κ2) is 11.1. The third kappa shape index (κ3) is 5.39. The van der Waals surface area contributed by atoms with E-state index in [2.05, 4.69) is 4.90 Å².